The van der Waals surface area contributed by atoms with Crippen LogP contribution in [0.4, 0.5) is 0 Å². The second-order valence-corrected chi connectivity index (χ2v) is 2.26. The van der Waals surface area contributed by atoms with Crippen LogP contribution in [0, 0.1) is 0 Å². The van der Waals surface area contributed by atoms with Crippen molar-refractivity contribution in [3.05, 3.63) is 11.8 Å². The molecule has 0 aromatic carbocycles. The van der Waals surface area contributed by atoms with Gasteiger partial charge in [-0.3, -0.25) is 0 Å². The molecule has 0 aromatic rings. The van der Waals surface area contributed by atoms with Gasteiger partial charge >= 0.3 is 0 Å². The van der Waals surface area contributed by atoms with Gasteiger partial charge in [0.25, 0.3) is 0 Å². The Morgan fingerprint density at radius 3 is 3.33 bits per heavy atom. The molecule has 0 spiro atoms. The van der Waals surface area contributed by atoms with Gasteiger partial charge in [0.15, 0.2) is 6.79 Å². The summed E-state index contributed by atoms with van der Waals surface area (Å²) in [7, 11) is 0. The van der Waals surface area contributed by atoms with E-state index in [9.17, 15) is 0 Å². The first-order chi connectivity index (χ1) is 4.38. The second kappa shape index (κ2) is 1.72. The van der Waals surface area contributed by atoms with Crippen LogP contribution in [0.2, 0.25) is 0 Å². The van der Waals surface area contributed by atoms with Crippen molar-refractivity contribution in [1.29, 1.82) is 0 Å². The third-order valence-electron chi connectivity index (χ3n) is 1.66. The van der Waals surface area contributed by atoms with Gasteiger partial charge in [0, 0.05) is 0 Å². The van der Waals surface area contributed by atoms with E-state index in [1.54, 1.807) is 0 Å². The summed E-state index contributed by atoms with van der Waals surface area (Å²) in [5.41, 5.74) is 0. The average Bonchev–Trinajstić information content (AvgIpc) is 2.35. The van der Waals surface area contributed by atoms with Gasteiger partial charge in [-0.1, -0.05) is 0 Å². The first-order valence-electron chi connectivity index (χ1n) is 3.00. The normalized spacial score (nSPS) is 39.9. The lowest BCUT2D eigenvalue weighted by Crippen LogP contribution is -2.20. The van der Waals surface area contributed by atoms with Crippen molar-refractivity contribution >= 4 is 0 Å². The fourth-order valence-corrected chi connectivity index (χ4v) is 1.18. The maximum absolute atomic E-state index is 9.14. The van der Waals surface area contributed by atoms with Gasteiger partial charge in [-0.15, -0.1) is 0 Å². The monoisotopic (exact) mass is 128 g/mol. The van der Waals surface area contributed by atoms with E-state index in [1.807, 2.05) is 6.08 Å². The van der Waals surface area contributed by atoms with Crippen LogP contribution < -0.4 is 0 Å². The van der Waals surface area contributed by atoms with E-state index in [0.717, 1.165) is 5.76 Å². The van der Waals surface area contributed by atoms with Crippen molar-refractivity contribution in [2.24, 2.45) is 0 Å². The Labute approximate surface area is 52.9 Å². The molecule has 0 aromatic heterocycles. The molecule has 2 atom stereocenters. The molecule has 3 nitrogen and oxygen atoms in total. The lowest BCUT2D eigenvalue weighted by molar-refractivity contribution is -0.00667. The van der Waals surface area contributed by atoms with Gasteiger partial charge in [-0.2, -0.15) is 0 Å². The molecule has 50 valence electrons. The van der Waals surface area contributed by atoms with Crippen LogP contribution in [0.15, 0.2) is 11.8 Å². The zero-order valence-corrected chi connectivity index (χ0v) is 4.91. The molecule has 2 rings (SSSR count). The molecular formula is C6H8O3. The van der Waals surface area contributed by atoms with Gasteiger partial charge in [-0.05, 0) is 12.5 Å². The summed E-state index contributed by atoms with van der Waals surface area (Å²) in [6, 6.07) is 0. The minimum atomic E-state index is -0.373. The summed E-state index contributed by atoms with van der Waals surface area (Å²) >= 11 is 0. The van der Waals surface area contributed by atoms with Crippen LogP contribution in [0.25, 0.3) is 0 Å². The second-order valence-electron chi connectivity index (χ2n) is 2.26. The highest BCUT2D eigenvalue weighted by Gasteiger charge is 2.34. The standard InChI is InChI=1S/C6H8O3/c7-4-1-2-5-6(4)9-3-8-5/h2,4,6-7H,1,3H2. The summed E-state index contributed by atoms with van der Waals surface area (Å²) in [6.07, 6.45) is 2.01. The van der Waals surface area contributed by atoms with Crippen molar-refractivity contribution in [3.8, 4) is 0 Å². The summed E-state index contributed by atoms with van der Waals surface area (Å²) in [6.45, 7) is 0.299. The van der Waals surface area contributed by atoms with E-state index in [2.05, 4.69) is 0 Å². The van der Waals surface area contributed by atoms with Crippen molar-refractivity contribution in [2.75, 3.05) is 6.79 Å². The van der Waals surface area contributed by atoms with Gasteiger partial charge in [0.1, 0.15) is 11.9 Å². The quantitative estimate of drug-likeness (QED) is 0.499. The molecule has 1 aliphatic heterocycles. The summed E-state index contributed by atoms with van der Waals surface area (Å²) < 4.78 is 10.1. The first-order valence-corrected chi connectivity index (χ1v) is 3.00. The van der Waals surface area contributed by atoms with Crippen LogP contribution in [0.1, 0.15) is 6.42 Å². The van der Waals surface area contributed by atoms with Gasteiger partial charge in [0.05, 0.1) is 6.10 Å². The number of aliphatic hydroxyl groups excluding tert-OH is 1. The minimum Gasteiger partial charge on any atom is -0.469 e. The van der Waals surface area contributed by atoms with Crippen molar-refractivity contribution < 1.29 is 14.6 Å². The minimum absolute atomic E-state index is 0.162. The highest BCUT2D eigenvalue weighted by molar-refractivity contribution is 5.13. The Bertz CT molecular complexity index is 152. The molecule has 1 heterocycles. The van der Waals surface area contributed by atoms with E-state index >= 15 is 0 Å². The lowest BCUT2D eigenvalue weighted by atomic mass is 10.2. The van der Waals surface area contributed by atoms with E-state index < -0.39 is 0 Å². The number of hydrogen-bond donors (Lipinski definition) is 1. The van der Waals surface area contributed by atoms with Crippen LogP contribution in [-0.2, 0) is 9.47 Å². The van der Waals surface area contributed by atoms with E-state index in [1.165, 1.54) is 0 Å². The van der Waals surface area contributed by atoms with Gasteiger partial charge in [-0.25, -0.2) is 0 Å². The number of ether oxygens (including phenoxy) is 2. The van der Waals surface area contributed by atoms with Gasteiger partial charge in [0.2, 0.25) is 0 Å². The molecular weight excluding hydrogens is 120 g/mol. The molecule has 1 fully saturated rings. The summed E-state index contributed by atoms with van der Waals surface area (Å²) in [5, 5.41) is 9.14. The average molecular weight is 128 g/mol. The molecule has 1 saturated heterocycles. The molecule has 0 saturated carbocycles. The molecule has 1 aliphatic carbocycles. The van der Waals surface area contributed by atoms with Crippen LogP contribution in [0.3, 0.4) is 0 Å². The fraction of sp³-hybridized carbons (Fsp3) is 0.667. The zero-order valence-electron chi connectivity index (χ0n) is 4.91. The van der Waals surface area contributed by atoms with Crippen LogP contribution in [0.5, 0.6) is 0 Å². The van der Waals surface area contributed by atoms with Crippen molar-refractivity contribution in [2.45, 2.75) is 18.6 Å². The Morgan fingerprint density at radius 2 is 2.56 bits per heavy atom. The summed E-state index contributed by atoms with van der Waals surface area (Å²) in [5.74, 6) is 0.808. The Hall–Kier alpha value is -0.540. The van der Waals surface area contributed by atoms with E-state index in [-0.39, 0.29) is 12.2 Å². The molecule has 1 N–H and O–H groups in total. The Morgan fingerprint density at radius 1 is 1.67 bits per heavy atom. The predicted molar refractivity (Wildman–Crippen MR) is 29.5 cm³/mol. The Kier molecular flexibility index (Phi) is 1.00. The highest BCUT2D eigenvalue weighted by atomic mass is 16.7. The maximum Gasteiger partial charge on any atom is 0.189 e. The molecule has 2 unspecified atom stereocenters. The van der Waals surface area contributed by atoms with Crippen molar-refractivity contribution in [1.82, 2.24) is 0 Å². The molecule has 0 radical (unpaired) electrons. The molecule has 0 amide bonds. The van der Waals surface area contributed by atoms with E-state index in [4.69, 9.17) is 14.6 Å². The SMILES string of the molecule is OC1CC=C2OCOC21. The number of hydrogen-bond acceptors (Lipinski definition) is 3. The third-order valence-corrected chi connectivity index (χ3v) is 1.66. The topological polar surface area (TPSA) is 38.7 Å². The van der Waals surface area contributed by atoms with E-state index in [0.29, 0.717) is 13.2 Å². The molecule has 3 heteroatoms. The Balaban J connectivity index is 2.19. The smallest absolute Gasteiger partial charge is 0.189 e. The molecule has 9 heavy (non-hydrogen) atoms. The van der Waals surface area contributed by atoms with Crippen LogP contribution in [-0.4, -0.2) is 24.1 Å². The first kappa shape index (κ1) is 5.26. The molecule has 2 aliphatic rings. The largest absolute Gasteiger partial charge is 0.469 e. The van der Waals surface area contributed by atoms with Gasteiger partial charge < -0.3 is 14.6 Å². The van der Waals surface area contributed by atoms with Crippen molar-refractivity contribution in [3.63, 3.8) is 0 Å². The number of aliphatic hydroxyl groups is 1. The highest BCUT2D eigenvalue weighted by Crippen LogP contribution is 2.27. The zero-order chi connectivity index (χ0) is 6.27. The predicted octanol–water partition coefficient (Wildman–Crippen LogP) is 0.00780. The summed E-state index contributed by atoms with van der Waals surface area (Å²) in [4.78, 5) is 0. The fourth-order valence-electron chi connectivity index (χ4n) is 1.18. The lowest BCUT2D eigenvalue weighted by Gasteiger charge is -2.06. The maximum atomic E-state index is 9.14. The third kappa shape index (κ3) is 0.653. The number of rotatable bonds is 0. The van der Waals surface area contributed by atoms with Crippen LogP contribution >= 0.6 is 0 Å². The molecule has 0 bridgehead atoms. The number of fused-ring (bicyclic) bond motifs is 1.